The number of carbonyl (C=O) groups excluding carboxylic acids is 1. The number of ether oxygens (including phenoxy) is 1. The first-order valence-electron chi connectivity index (χ1n) is 6.53. The Labute approximate surface area is 120 Å². The van der Waals surface area contributed by atoms with Gasteiger partial charge in [0.2, 0.25) is 0 Å². The van der Waals surface area contributed by atoms with E-state index in [4.69, 9.17) is 0 Å². The number of nitrogens with zero attached hydrogens (tertiary/aromatic N) is 2. The monoisotopic (exact) mass is 303 g/mol. The van der Waals surface area contributed by atoms with Crippen LogP contribution in [0.4, 0.5) is 23.8 Å². The molecule has 1 aliphatic heterocycles. The van der Waals surface area contributed by atoms with Gasteiger partial charge in [0.25, 0.3) is 0 Å². The van der Waals surface area contributed by atoms with Crippen molar-refractivity contribution in [2.45, 2.75) is 25.1 Å². The van der Waals surface area contributed by atoms with Crippen molar-refractivity contribution in [3.63, 3.8) is 0 Å². The molecule has 0 bridgehead atoms. The lowest BCUT2D eigenvalue weighted by atomic mass is 10.1. The van der Waals surface area contributed by atoms with Gasteiger partial charge >= 0.3 is 12.3 Å². The third-order valence-corrected chi connectivity index (χ3v) is 3.38. The molecule has 21 heavy (non-hydrogen) atoms. The molecule has 0 atom stereocenters. The van der Waals surface area contributed by atoms with E-state index in [2.05, 4.69) is 15.0 Å². The second-order valence-electron chi connectivity index (χ2n) is 4.77. The summed E-state index contributed by atoms with van der Waals surface area (Å²) in [4.78, 5) is 16.6. The maximum atomic E-state index is 12.9. The van der Waals surface area contributed by atoms with E-state index in [9.17, 15) is 18.0 Å². The Morgan fingerprint density at radius 1 is 1.43 bits per heavy atom. The minimum Gasteiger partial charge on any atom is -0.453 e. The smallest absolute Gasteiger partial charge is 0.419 e. The summed E-state index contributed by atoms with van der Waals surface area (Å²) in [5.41, 5.74) is -0.777. The Balaban J connectivity index is 2.00. The number of halogens is 3. The predicted octanol–water partition coefficient (Wildman–Crippen LogP) is 2.74. The van der Waals surface area contributed by atoms with Gasteiger partial charge in [-0.1, -0.05) is 0 Å². The number of anilines is 1. The van der Waals surface area contributed by atoms with Gasteiger partial charge in [-0.2, -0.15) is 13.2 Å². The fourth-order valence-electron chi connectivity index (χ4n) is 2.28. The molecular formula is C13H16F3N3O2. The molecule has 1 aromatic rings. The van der Waals surface area contributed by atoms with Gasteiger partial charge in [-0.15, -0.1) is 0 Å². The van der Waals surface area contributed by atoms with Crippen LogP contribution in [-0.4, -0.2) is 42.2 Å². The van der Waals surface area contributed by atoms with Crippen LogP contribution < -0.4 is 5.32 Å². The predicted molar refractivity (Wildman–Crippen MR) is 69.9 cm³/mol. The lowest BCUT2D eigenvalue weighted by Gasteiger charge is -2.32. The second kappa shape index (κ2) is 6.19. The highest BCUT2D eigenvalue weighted by Gasteiger charge is 2.35. The molecule has 0 spiro atoms. The number of rotatable bonds is 2. The van der Waals surface area contributed by atoms with Crippen molar-refractivity contribution in [1.82, 2.24) is 9.88 Å². The van der Waals surface area contributed by atoms with Crippen LogP contribution in [0.3, 0.4) is 0 Å². The summed E-state index contributed by atoms with van der Waals surface area (Å²) in [6.45, 7) is 0.886. The van der Waals surface area contributed by atoms with Crippen LogP contribution in [0.15, 0.2) is 18.3 Å². The topological polar surface area (TPSA) is 54.5 Å². The lowest BCUT2D eigenvalue weighted by molar-refractivity contribution is -0.137. The average molecular weight is 303 g/mol. The fourth-order valence-corrected chi connectivity index (χ4v) is 2.28. The van der Waals surface area contributed by atoms with Gasteiger partial charge in [0.15, 0.2) is 0 Å². The highest BCUT2D eigenvalue weighted by molar-refractivity contribution is 5.67. The maximum absolute atomic E-state index is 12.9. The number of methoxy groups -OCH3 is 1. The van der Waals surface area contributed by atoms with Crippen molar-refractivity contribution in [1.29, 1.82) is 0 Å². The SMILES string of the molecule is COC(=O)N1CCC(Nc2ncccc2C(F)(F)F)CC1. The molecule has 0 aliphatic carbocycles. The number of aromatic nitrogens is 1. The number of carbonyl (C=O) groups is 1. The van der Waals surface area contributed by atoms with Gasteiger partial charge in [-0.05, 0) is 25.0 Å². The van der Waals surface area contributed by atoms with E-state index in [-0.39, 0.29) is 11.9 Å². The maximum Gasteiger partial charge on any atom is 0.419 e. The van der Waals surface area contributed by atoms with Crippen LogP contribution in [0.5, 0.6) is 0 Å². The van der Waals surface area contributed by atoms with Gasteiger partial charge in [-0.25, -0.2) is 9.78 Å². The van der Waals surface area contributed by atoms with E-state index in [0.717, 1.165) is 6.07 Å². The Bertz CT molecular complexity index is 500. The summed E-state index contributed by atoms with van der Waals surface area (Å²) >= 11 is 0. The highest BCUT2D eigenvalue weighted by atomic mass is 19.4. The van der Waals surface area contributed by atoms with Gasteiger partial charge in [-0.3, -0.25) is 0 Å². The summed E-state index contributed by atoms with van der Waals surface area (Å²) in [7, 11) is 1.30. The van der Waals surface area contributed by atoms with E-state index < -0.39 is 17.8 Å². The van der Waals surface area contributed by atoms with Gasteiger partial charge < -0.3 is 15.0 Å². The van der Waals surface area contributed by atoms with E-state index in [1.54, 1.807) is 0 Å². The summed E-state index contributed by atoms with van der Waals surface area (Å²) < 4.78 is 43.2. The van der Waals surface area contributed by atoms with Crippen LogP contribution in [0, 0.1) is 0 Å². The van der Waals surface area contributed by atoms with Crippen LogP contribution in [0.1, 0.15) is 18.4 Å². The Morgan fingerprint density at radius 2 is 2.10 bits per heavy atom. The Kier molecular flexibility index (Phi) is 4.54. The highest BCUT2D eigenvalue weighted by Crippen LogP contribution is 2.34. The standard InChI is InChI=1S/C13H16F3N3O2/c1-21-12(20)19-7-4-9(5-8-19)18-11-10(13(14,15)16)3-2-6-17-11/h2-3,6,9H,4-5,7-8H2,1H3,(H,17,18). The summed E-state index contributed by atoms with van der Waals surface area (Å²) in [5.74, 6) is -0.165. The summed E-state index contributed by atoms with van der Waals surface area (Å²) in [6.07, 6.45) is -2.45. The molecule has 5 nitrogen and oxygen atoms in total. The zero-order chi connectivity index (χ0) is 15.5. The van der Waals surface area contributed by atoms with E-state index >= 15 is 0 Å². The molecule has 1 N–H and O–H groups in total. The first-order chi connectivity index (χ1) is 9.91. The van der Waals surface area contributed by atoms with Gasteiger partial charge in [0, 0.05) is 25.3 Å². The normalized spacial score (nSPS) is 16.7. The molecule has 1 aliphatic rings. The minimum atomic E-state index is -4.44. The quantitative estimate of drug-likeness (QED) is 0.913. The molecule has 2 heterocycles. The summed E-state index contributed by atoms with van der Waals surface area (Å²) in [5, 5.41) is 2.82. The van der Waals surface area contributed by atoms with Gasteiger partial charge in [0.05, 0.1) is 12.7 Å². The number of piperidine rings is 1. The van der Waals surface area contributed by atoms with Crippen molar-refractivity contribution >= 4 is 11.9 Å². The molecule has 1 amide bonds. The minimum absolute atomic E-state index is 0.151. The molecule has 0 aromatic carbocycles. The van der Waals surface area contributed by atoms with Crippen LogP contribution in [0.25, 0.3) is 0 Å². The molecule has 1 aromatic heterocycles. The molecular weight excluding hydrogens is 287 g/mol. The molecule has 8 heteroatoms. The molecule has 0 saturated carbocycles. The molecule has 0 radical (unpaired) electrons. The third kappa shape index (κ3) is 3.77. The average Bonchev–Trinajstić information content (AvgIpc) is 2.47. The number of hydrogen-bond donors (Lipinski definition) is 1. The van der Waals surface area contributed by atoms with Crippen LogP contribution in [0.2, 0.25) is 0 Å². The number of pyridine rings is 1. The number of nitrogens with one attached hydrogen (secondary N) is 1. The fraction of sp³-hybridized carbons (Fsp3) is 0.538. The van der Waals surface area contributed by atoms with E-state index in [0.29, 0.717) is 25.9 Å². The third-order valence-electron chi connectivity index (χ3n) is 3.38. The van der Waals surface area contributed by atoms with E-state index in [1.165, 1.54) is 24.3 Å². The lowest BCUT2D eigenvalue weighted by Crippen LogP contribution is -2.42. The Morgan fingerprint density at radius 3 is 2.67 bits per heavy atom. The number of hydrogen-bond acceptors (Lipinski definition) is 4. The first kappa shape index (κ1) is 15.4. The van der Waals surface area contributed by atoms with Crippen molar-refractivity contribution in [3.8, 4) is 0 Å². The summed E-state index contributed by atoms with van der Waals surface area (Å²) in [6, 6.07) is 2.11. The van der Waals surface area contributed by atoms with Crippen molar-refractivity contribution in [3.05, 3.63) is 23.9 Å². The number of likely N-dealkylation sites (tertiary alicyclic amines) is 1. The molecule has 2 rings (SSSR count). The number of amides is 1. The van der Waals surface area contributed by atoms with Crippen LogP contribution >= 0.6 is 0 Å². The van der Waals surface area contributed by atoms with Crippen molar-refractivity contribution in [2.75, 3.05) is 25.5 Å². The number of alkyl halides is 3. The van der Waals surface area contributed by atoms with Crippen molar-refractivity contribution in [2.24, 2.45) is 0 Å². The second-order valence-corrected chi connectivity index (χ2v) is 4.77. The first-order valence-corrected chi connectivity index (χ1v) is 6.53. The zero-order valence-corrected chi connectivity index (χ0v) is 11.5. The largest absolute Gasteiger partial charge is 0.453 e. The molecule has 1 saturated heterocycles. The molecule has 0 unspecified atom stereocenters. The van der Waals surface area contributed by atoms with Crippen molar-refractivity contribution < 1.29 is 22.7 Å². The van der Waals surface area contributed by atoms with Crippen LogP contribution in [-0.2, 0) is 10.9 Å². The van der Waals surface area contributed by atoms with Gasteiger partial charge in [0.1, 0.15) is 5.82 Å². The zero-order valence-electron chi connectivity index (χ0n) is 11.5. The van der Waals surface area contributed by atoms with E-state index in [1.807, 2.05) is 0 Å². The Hall–Kier alpha value is -1.99. The molecule has 116 valence electrons. The molecule has 1 fully saturated rings.